The molecule has 0 radical (unpaired) electrons. The van der Waals surface area contributed by atoms with Gasteiger partial charge in [-0.25, -0.2) is 8.42 Å². The van der Waals surface area contributed by atoms with E-state index < -0.39 is 9.84 Å². The smallest absolute Gasteiger partial charge is 0.230 e. The fraction of sp³-hybridized carbons (Fsp3) is 0.571. The van der Waals surface area contributed by atoms with Gasteiger partial charge in [0, 0.05) is 19.8 Å². The standard InChI is InChI=1S/C7H10Cl2N4O2S/c1-13(3-4-16(2,14)15)7-11-5(8)10-6(9)12-7/h3-4H2,1-2H3. The van der Waals surface area contributed by atoms with Crippen LogP contribution in [0.25, 0.3) is 0 Å². The Morgan fingerprint density at radius 2 is 1.69 bits per heavy atom. The normalized spacial score (nSPS) is 11.5. The van der Waals surface area contributed by atoms with Gasteiger partial charge in [0.15, 0.2) is 0 Å². The van der Waals surface area contributed by atoms with Crippen molar-refractivity contribution in [3.63, 3.8) is 0 Å². The summed E-state index contributed by atoms with van der Waals surface area (Å²) in [6.07, 6.45) is 1.16. The van der Waals surface area contributed by atoms with Crippen molar-refractivity contribution >= 4 is 39.0 Å². The summed E-state index contributed by atoms with van der Waals surface area (Å²) in [6, 6.07) is 0. The van der Waals surface area contributed by atoms with Gasteiger partial charge in [-0.1, -0.05) is 0 Å². The van der Waals surface area contributed by atoms with E-state index in [0.717, 1.165) is 6.26 Å². The van der Waals surface area contributed by atoms with Crippen LogP contribution in [0.4, 0.5) is 5.95 Å². The lowest BCUT2D eigenvalue weighted by Crippen LogP contribution is -2.26. The van der Waals surface area contributed by atoms with Crippen molar-refractivity contribution in [3.8, 4) is 0 Å². The summed E-state index contributed by atoms with van der Waals surface area (Å²) in [5, 5.41) is -0.0533. The average molecular weight is 285 g/mol. The Morgan fingerprint density at radius 1 is 1.19 bits per heavy atom. The van der Waals surface area contributed by atoms with Crippen LogP contribution in [0.1, 0.15) is 0 Å². The maximum Gasteiger partial charge on any atom is 0.230 e. The Kier molecular flexibility index (Phi) is 4.28. The molecule has 0 fully saturated rings. The molecular formula is C7H10Cl2N4O2S. The molecule has 16 heavy (non-hydrogen) atoms. The SMILES string of the molecule is CN(CCS(C)(=O)=O)c1nc(Cl)nc(Cl)n1. The highest BCUT2D eigenvalue weighted by Crippen LogP contribution is 2.12. The molecule has 1 rings (SSSR count). The molecule has 0 saturated carbocycles. The lowest BCUT2D eigenvalue weighted by molar-refractivity contribution is 0.601. The summed E-state index contributed by atoms with van der Waals surface area (Å²) in [5.74, 6) is 0.249. The van der Waals surface area contributed by atoms with Crippen molar-refractivity contribution in [2.24, 2.45) is 0 Å². The number of hydrogen-bond acceptors (Lipinski definition) is 6. The molecule has 0 aliphatic heterocycles. The highest BCUT2D eigenvalue weighted by molar-refractivity contribution is 7.90. The van der Waals surface area contributed by atoms with Gasteiger partial charge in [0.25, 0.3) is 0 Å². The van der Waals surface area contributed by atoms with Crippen LogP contribution in [0.5, 0.6) is 0 Å². The molecule has 0 atom stereocenters. The van der Waals surface area contributed by atoms with Gasteiger partial charge in [0.1, 0.15) is 9.84 Å². The molecule has 0 aromatic carbocycles. The Morgan fingerprint density at radius 3 is 2.12 bits per heavy atom. The third-order valence-corrected chi connectivity index (χ3v) is 2.97. The summed E-state index contributed by atoms with van der Waals surface area (Å²) in [5.41, 5.74) is 0. The summed E-state index contributed by atoms with van der Waals surface area (Å²) in [6.45, 7) is 0.259. The van der Waals surface area contributed by atoms with Gasteiger partial charge in [-0.3, -0.25) is 0 Å². The maximum absolute atomic E-state index is 11.0. The van der Waals surface area contributed by atoms with E-state index in [1.54, 1.807) is 11.9 Å². The second-order valence-electron chi connectivity index (χ2n) is 3.22. The molecule has 1 aromatic rings. The van der Waals surface area contributed by atoms with Crippen molar-refractivity contribution in [1.82, 2.24) is 15.0 Å². The molecular weight excluding hydrogens is 275 g/mol. The molecule has 90 valence electrons. The molecule has 0 N–H and O–H groups in total. The van der Waals surface area contributed by atoms with Gasteiger partial charge in [0.2, 0.25) is 16.5 Å². The van der Waals surface area contributed by atoms with Crippen molar-refractivity contribution in [1.29, 1.82) is 0 Å². The molecule has 0 aliphatic rings. The van der Waals surface area contributed by atoms with Crippen LogP contribution in [0.2, 0.25) is 10.6 Å². The van der Waals surface area contributed by atoms with E-state index in [0.29, 0.717) is 0 Å². The molecule has 1 heterocycles. The van der Waals surface area contributed by atoms with Gasteiger partial charge >= 0.3 is 0 Å². The van der Waals surface area contributed by atoms with E-state index in [1.807, 2.05) is 0 Å². The van der Waals surface area contributed by atoms with E-state index in [-0.39, 0.29) is 28.8 Å². The lowest BCUT2D eigenvalue weighted by atomic mass is 10.6. The summed E-state index contributed by atoms with van der Waals surface area (Å²) < 4.78 is 21.9. The predicted octanol–water partition coefficient (Wildman–Crippen LogP) is 0.659. The monoisotopic (exact) mass is 284 g/mol. The Hall–Kier alpha value is -0.660. The van der Waals surface area contributed by atoms with Crippen molar-refractivity contribution in [2.45, 2.75) is 0 Å². The molecule has 0 aliphatic carbocycles. The summed E-state index contributed by atoms with van der Waals surface area (Å²) in [7, 11) is -1.38. The van der Waals surface area contributed by atoms with Crippen LogP contribution in [-0.2, 0) is 9.84 Å². The summed E-state index contributed by atoms with van der Waals surface area (Å²) in [4.78, 5) is 12.8. The lowest BCUT2D eigenvalue weighted by Gasteiger charge is -2.15. The number of halogens is 2. The molecule has 0 spiro atoms. The zero-order chi connectivity index (χ0) is 12.3. The second kappa shape index (κ2) is 5.11. The molecule has 0 amide bonds. The number of aromatic nitrogens is 3. The van der Waals surface area contributed by atoms with E-state index >= 15 is 0 Å². The third-order valence-electron chi connectivity index (χ3n) is 1.71. The fourth-order valence-corrected chi connectivity index (χ4v) is 1.85. The molecule has 0 saturated heterocycles. The zero-order valence-electron chi connectivity index (χ0n) is 8.68. The quantitative estimate of drug-likeness (QED) is 0.809. The van der Waals surface area contributed by atoms with E-state index in [9.17, 15) is 8.42 Å². The van der Waals surface area contributed by atoms with Gasteiger partial charge < -0.3 is 4.90 Å². The number of anilines is 1. The number of sulfone groups is 1. The minimum Gasteiger partial charge on any atom is -0.343 e. The molecule has 0 unspecified atom stereocenters. The molecule has 6 nitrogen and oxygen atoms in total. The van der Waals surface area contributed by atoms with Crippen molar-refractivity contribution < 1.29 is 8.42 Å². The van der Waals surface area contributed by atoms with Crippen molar-refractivity contribution in [2.75, 3.05) is 30.5 Å². The topological polar surface area (TPSA) is 76.1 Å². The predicted molar refractivity (Wildman–Crippen MR) is 62.8 cm³/mol. The molecule has 1 aromatic heterocycles. The van der Waals surface area contributed by atoms with Crippen LogP contribution in [0.3, 0.4) is 0 Å². The van der Waals surface area contributed by atoms with E-state index in [2.05, 4.69) is 15.0 Å². The first-order valence-electron chi connectivity index (χ1n) is 4.24. The minimum atomic E-state index is -3.03. The zero-order valence-corrected chi connectivity index (χ0v) is 11.0. The molecule has 0 bridgehead atoms. The van der Waals surface area contributed by atoms with E-state index in [1.165, 1.54) is 0 Å². The number of hydrogen-bond donors (Lipinski definition) is 0. The number of nitrogens with zero attached hydrogens (tertiary/aromatic N) is 4. The Balaban J connectivity index is 2.76. The first kappa shape index (κ1) is 13.4. The molecule has 9 heteroatoms. The fourth-order valence-electron chi connectivity index (χ4n) is 0.890. The second-order valence-corrected chi connectivity index (χ2v) is 6.16. The number of rotatable bonds is 4. The van der Waals surface area contributed by atoms with Crippen LogP contribution < -0.4 is 4.90 Å². The van der Waals surface area contributed by atoms with Crippen LogP contribution >= 0.6 is 23.2 Å². The van der Waals surface area contributed by atoms with Gasteiger partial charge in [-0.05, 0) is 23.2 Å². The minimum absolute atomic E-state index is 0.00439. The first-order chi connectivity index (χ1) is 7.28. The highest BCUT2D eigenvalue weighted by Gasteiger charge is 2.10. The van der Waals surface area contributed by atoms with Gasteiger partial charge in [0.05, 0.1) is 5.75 Å². The first-order valence-corrected chi connectivity index (χ1v) is 7.05. The largest absolute Gasteiger partial charge is 0.343 e. The Labute approximate surface area is 104 Å². The maximum atomic E-state index is 11.0. The van der Waals surface area contributed by atoms with Crippen LogP contribution in [0.15, 0.2) is 0 Å². The summed E-state index contributed by atoms with van der Waals surface area (Å²) >= 11 is 11.2. The van der Waals surface area contributed by atoms with Gasteiger partial charge in [-0.15, -0.1) is 0 Å². The Bertz CT molecular complexity index is 459. The van der Waals surface area contributed by atoms with Crippen LogP contribution in [0, 0.1) is 0 Å². The van der Waals surface area contributed by atoms with E-state index in [4.69, 9.17) is 23.2 Å². The highest BCUT2D eigenvalue weighted by atomic mass is 35.5. The van der Waals surface area contributed by atoms with Gasteiger partial charge in [-0.2, -0.15) is 15.0 Å². The van der Waals surface area contributed by atoms with Crippen LogP contribution in [-0.4, -0.2) is 49.0 Å². The third kappa shape index (κ3) is 4.46. The average Bonchev–Trinajstić information content (AvgIpc) is 2.11. The van der Waals surface area contributed by atoms with Crippen molar-refractivity contribution in [3.05, 3.63) is 10.6 Å².